The van der Waals surface area contributed by atoms with Crippen LogP contribution in [0, 0.1) is 6.92 Å². The smallest absolute Gasteiger partial charge is 0.243 e. The first-order valence-corrected chi connectivity index (χ1v) is 9.77. The molecule has 0 saturated carbocycles. The molecule has 0 radical (unpaired) electrons. The minimum atomic E-state index is -3.42. The lowest BCUT2D eigenvalue weighted by Gasteiger charge is -2.18. The summed E-state index contributed by atoms with van der Waals surface area (Å²) in [5.74, 6) is 0.166. The second-order valence-electron chi connectivity index (χ2n) is 5.76. The van der Waals surface area contributed by atoms with Crippen LogP contribution in [0.5, 0.6) is 5.75 Å². The fourth-order valence-electron chi connectivity index (χ4n) is 2.55. The third-order valence-electron chi connectivity index (χ3n) is 3.98. The van der Waals surface area contributed by atoms with E-state index in [1.54, 1.807) is 36.4 Å². The zero-order chi connectivity index (χ0) is 18.4. The molecule has 0 bridgehead atoms. The van der Waals surface area contributed by atoms with Crippen LogP contribution in [0.2, 0.25) is 0 Å². The Kier molecular flexibility index (Phi) is 6.52. The molecule has 0 aliphatic carbocycles. The molecule has 7 heteroatoms. The van der Waals surface area contributed by atoms with Crippen LogP contribution in [0.15, 0.2) is 41.3 Å². The van der Waals surface area contributed by atoms with Crippen molar-refractivity contribution >= 4 is 10.0 Å². The van der Waals surface area contributed by atoms with E-state index in [1.807, 2.05) is 20.8 Å². The van der Waals surface area contributed by atoms with E-state index in [-0.39, 0.29) is 5.75 Å². The Labute approximate surface area is 149 Å². The summed E-state index contributed by atoms with van der Waals surface area (Å²) in [6, 6.07) is 10.3. The summed E-state index contributed by atoms with van der Waals surface area (Å²) in [6.07, 6.45) is 0. The number of nitrogens with one attached hydrogen (secondary N) is 1. The molecular formula is C18H25N3O3S. The van der Waals surface area contributed by atoms with Crippen molar-refractivity contribution in [1.29, 1.82) is 0 Å². The molecule has 0 aliphatic rings. The van der Waals surface area contributed by atoms with E-state index < -0.39 is 10.0 Å². The maximum absolute atomic E-state index is 12.4. The molecule has 25 heavy (non-hydrogen) atoms. The standard InChI is InChI=1S/C18H25N3O3S/c1-4-21(5-2)25(23,24)16-9-7-15(8-10-16)12-19-13-17-18(22)11-6-14(3)20-17/h6-11,19,22H,4-5,12-13H2,1-3H3. The van der Waals surface area contributed by atoms with Gasteiger partial charge in [0.2, 0.25) is 10.0 Å². The summed E-state index contributed by atoms with van der Waals surface area (Å²) in [5, 5.41) is 13.0. The van der Waals surface area contributed by atoms with Crippen LogP contribution in [0.1, 0.15) is 30.8 Å². The summed E-state index contributed by atoms with van der Waals surface area (Å²) in [6.45, 7) is 7.43. The van der Waals surface area contributed by atoms with E-state index in [0.717, 1.165) is 11.3 Å². The quantitative estimate of drug-likeness (QED) is 0.753. The number of aromatic nitrogens is 1. The molecular weight excluding hydrogens is 338 g/mol. The highest BCUT2D eigenvalue weighted by Gasteiger charge is 2.21. The lowest BCUT2D eigenvalue weighted by atomic mass is 10.2. The van der Waals surface area contributed by atoms with E-state index in [2.05, 4.69) is 10.3 Å². The highest BCUT2D eigenvalue weighted by molar-refractivity contribution is 7.89. The van der Waals surface area contributed by atoms with Gasteiger partial charge in [-0.1, -0.05) is 26.0 Å². The average Bonchev–Trinajstić information content (AvgIpc) is 2.59. The summed E-state index contributed by atoms with van der Waals surface area (Å²) < 4.78 is 26.3. The molecule has 1 heterocycles. The Morgan fingerprint density at radius 1 is 1.04 bits per heavy atom. The number of rotatable bonds is 8. The van der Waals surface area contributed by atoms with Crippen molar-refractivity contribution in [2.75, 3.05) is 13.1 Å². The zero-order valence-corrected chi connectivity index (χ0v) is 15.7. The number of hydrogen-bond donors (Lipinski definition) is 2. The molecule has 1 aromatic carbocycles. The maximum Gasteiger partial charge on any atom is 0.243 e. The largest absolute Gasteiger partial charge is 0.506 e. The van der Waals surface area contributed by atoms with Crippen LogP contribution < -0.4 is 5.32 Å². The second kappa shape index (κ2) is 8.42. The monoisotopic (exact) mass is 363 g/mol. The highest BCUT2D eigenvalue weighted by Crippen LogP contribution is 2.17. The summed E-state index contributed by atoms with van der Waals surface area (Å²) in [4.78, 5) is 4.59. The SMILES string of the molecule is CCN(CC)S(=O)(=O)c1ccc(CNCc2nc(C)ccc2O)cc1. The molecule has 0 fully saturated rings. The van der Waals surface area contributed by atoms with Gasteiger partial charge in [-0.15, -0.1) is 0 Å². The molecule has 2 rings (SSSR count). The first-order valence-electron chi connectivity index (χ1n) is 8.33. The van der Waals surface area contributed by atoms with Gasteiger partial charge in [-0.3, -0.25) is 4.98 Å². The predicted octanol–water partition coefficient (Wildman–Crippen LogP) is 2.42. The van der Waals surface area contributed by atoms with E-state index in [1.165, 1.54) is 4.31 Å². The van der Waals surface area contributed by atoms with Crippen molar-refractivity contribution in [3.8, 4) is 5.75 Å². The lowest BCUT2D eigenvalue weighted by molar-refractivity contribution is 0.445. The second-order valence-corrected chi connectivity index (χ2v) is 7.69. The number of nitrogens with zero attached hydrogens (tertiary/aromatic N) is 2. The van der Waals surface area contributed by atoms with E-state index in [9.17, 15) is 13.5 Å². The van der Waals surface area contributed by atoms with E-state index >= 15 is 0 Å². The molecule has 2 aromatic rings. The van der Waals surface area contributed by atoms with Gasteiger partial charge in [-0.2, -0.15) is 4.31 Å². The first-order chi connectivity index (χ1) is 11.9. The Morgan fingerprint density at radius 2 is 1.68 bits per heavy atom. The molecule has 1 aromatic heterocycles. The van der Waals surface area contributed by atoms with Crippen molar-refractivity contribution in [3.63, 3.8) is 0 Å². The number of pyridine rings is 1. The van der Waals surface area contributed by atoms with E-state index in [4.69, 9.17) is 0 Å². The van der Waals surface area contributed by atoms with Gasteiger partial charge in [-0.25, -0.2) is 8.42 Å². The fraction of sp³-hybridized carbons (Fsp3) is 0.389. The molecule has 0 aliphatic heterocycles. The molecule has 0 atom stereocenters. The molecule has 2 N–H and O–H groups in total. The van der Waals surface area contributed by atoms with Crippen molar-refractivity contribution in [2.24, 2.45) is 0 Å². The van der Waals surface area contributed by atoms with Gasteiger partial charge in [0.25, 0.3) is 0 Å². The van der Waals surface area contributed by atoms with Crippen LogP contribution in [0.4, 0.5) is 0 Å². The Balaban J connectivity index is 2.00. The van der Waals surface area contributed by atoms with Gasteiger partial charge >= 0.3 is 0 Å². The first kappa shape index (κ1) is 19.4. The van der Waals surface area contributed by atoms with Crippen LogP contribution in [-0.2, 0) is 23.1 Å². The van der Waals surface area contributed by atoms with Gasteiger partial charge in [0, 0.05) is 31.9 Å². The summed E-state index contributed by atoms with van der Waals surface area (Å²) in [7, 11) is -3.42. The Bertz CT molecular complexity index is 801. The average molecular weight is 363 g/mol. The third kappa shape index (κ3) is 4.78. The highest BCUT2D eigenvalue weighted by atomic mass is 32.2. The van der Waals surface area contributed by atoms with Gasteiger partial charge in [-0.05, 0) is 36.8 Å². The van der Waals surface area contributed by atoms with Gasteiger partial charge in [0.15, 0.2) is 0 Å². The lowest BCUT2D eigenvalue weighted by Crippen LogP contribution is -2.30. The van der Waals surface area contributed by atoms with Crippen LogP contribution in [0.3, 0.4) is 0 Å². The topological polar surface area (TPSA) is 82.5 Å². The molecule has 0 unspecified atom stereocenters. The summed E-state index contributed by atoms with van der Waals surface area (Å²) in [5.41, 5.74) is 2.41. The Hall–Kier alpha value is -1.96. The zero-order valence-electron chi connectivity index (χ0n) is 14.9. The minimum Gasteiger partial charge on any atom is -0.506 e. The number of aryl methyl sites for hydroxylation is 1. The van der Waals surface area contributed by atoms with Crippen molar-refractivity contribution in [2.45, 2.75) is 38.8 Å². The number of hydrogen-bond acceptors (Lipinski definition) is 5. The van der Waals surface area contributed by atoms with Gasteiger partial charge in [0.1, 0.15) is 5.75 Å². The van der Waals surface area contributed by atoms with Gasteiger partial charge in [0.05, 0.1) is 10.6 Å². The minimum absolute atomic E-state index is 0.166. The Morgan fingerprint density at radius 3 is 2.28 bits per heavy atom. The van der Waals surface area contributed by atoms with Crippen molar-refractivity contribution < 1.29 is 13.5 Å². The van der Waals surface area contributed by atoms with Crippen LogP contribution in [0.25, 0.3) is 0 Å². The van der Waals surface area contributed by atoms with Crippen molar-refractivity contribution in [1.82, 2.24) is 14.6 Å². The summed E-state index contributed by atoms with van der Waals surface area (Å²) >= 11 is 0. The third-order valence-corrected chi connectivity index (χ3v) is 6.04. The van der Waals surface area contributed by atoms with E-state index in [0.29, 0.717) is 36.8 Å². The molecule has 0 saturated heterocycles. The normalized spacial score (nSPS) is 11.8. The number of aromatic hydroxyl groups is 1. The van der Waals surface area contributed by atoms with Gasteiger partial charge < -0.3 is 10.4 Å². The van der Waals surface area contributed by atoms with Crippen LogP contribution >= 0.6 is 0 Å². The van der Waals surface area contributed by atoms with Crippen LogP contribution in [-0.4, -0.2) is 35.9 Å². The fourth-order valence-corrected chi connectivity index (χ4v) is 4.01. The number of benzene rings is 1. The molecule has 0 amide bonds. The molecule has 136 valence electrons. The molecule has 6 nitrogen and oxygen atoms in total. The maximum atomic E-state index is 12.4. The van der Waals surface area contributed by atoms with Crippen molar-refractivity contribution in [3.05, 3.63) is 53.3 Å². The predicted molar refractivity (Wildman–Crippen MR) is 97.7 cm³/mol. The molecule has 0 spiro atoms. The number of sulfonamides is 1.